The highest BCUT2D eigenvalue weighted by atomic mass is 32.2. The molecule has 1 aromatic rings. The number of nitrogens with zero attached hydrogens (tertiary/aromatic N) is 2. The van der Waals surface area contributed by atoms with Gasteiger partial charge in [-0.2, -0.15) is 4.31 Å². The molecule has 0 atom stereocenters. The molecule has 0 heterocycles. The summed E-state index contributed by atoms with van der Waals surface area (Å²) in [5.74, 6) is -0.621. The number of likely N-dealkylation sites (N-methyl/N-ethyl adjacent to an activating group) is 2. The third-order valence-corrected chi connectivity index (χ3v) is 4.44. The van der Waals surface area contributed by atoms with Crippen molar-refractivity contribution in [2.75, 3.05) is 40.0 Å². The Kier molecular flexibility index (Phi) is 4.66. The quantitative estimate of drug-likeness (QED) is 0.799. The van der Waals surface area contributed by atoms with Gasteiger partial charge in [0.05, 0.1) is 5.69 Å². The van der Waals surface area contributed by atoms with E-state index in [0.717, 1.165) is 16.4 Å². The zero-order chi connectivity index (χ0) is 13.9. The van der Waals surface area contributed by atoms with E-state index in [-0.39, 0.29) is 10.6 Å². The highest BCUT2D eigenvalue weighted by Gasteiger charge is 2.23. The number of hydrogen-bond donors (Lipinski definition) is 1. The maximum Gasteiger partial charge on any atom is 0.245 e. The molecule has 0 aliphatic carbocycles. The van der Waals surface area contributed by atoms with Crippen molar-refractivity contribution < 1.29 is 12.8 Å². The number of hydrogen-bond acceptors (Lipinski definition) is 4. The first-order valence-electron chi connectivity index (χ1n) is 5.41. The second-order valence-electron chi connectivity index (χ2n) is 4.31. The van der Waals surface area contributed by atoms with E-state index < -0.39 is 15.8 Å². The van der Waals surface area contributed by atoms with E-state index in [2.05, 4.69) is 0 Å². The van der Waals surface area contributed by atoms with Gasteiger partial charge in [-0.25, -0.2) is 12.8 Å². The lowest BCUT2D eigenvalue weighted by Gasteiger charge is -2.20. The molecule has 7 heteroatoms. The van der Waals surface area contributed by atoms with Crippen molar-refractivity contribution in [1.82, 2.24) is 9.21 Å². The fourth-order valence-corrected chi connectivity index (χ4v) is 2.65. The average Bonchev–Trinajstić information content (AvgIpc) is 2.28. The van der Waals surface area contributed by atoms with E-state index in [1.807, 2.05) is 19.0 Å². The number of sulfonamides is 1. The van der Waals surface area contributed by atoms with Gasteiger partial charge in [0, 0.05) is 20.1 Å². The van der Waals surface area contributed by atoms with Crippen LogP contribution in [0.2, 0.25) is 0 Å². The third-order valence-electron chi connectivity index (χ3n) is 2.53. The third kappa shape index (κ3) is 3.41. The minimum Gasteiger partial charge on any atom is -0.398 e. The molecule has 0 saturated carbocycles. The Hall–Kier alpha value is -1.18. The molecule has 5 nitrogen and oxygen atoms in total. The van der Waals surface area contributed by atoms with Crippen LogP contribution in [0.15, 0.2) is 23.1 Å². The number of nitrogen functional groups attached to an aromatic ring is 1. The molecule has 18 heavy (non-hydrogen) atoms. The standard InChI is InChI=1S/C11H18FN3O2S/c1-14(2)6-7-15(3)18(16,17)11-8-9(12)4-5-10(11)13/h4-5,8H,6-7,13H2,1-3H3. The molecule has 0 amide bonds. The Bertz CT molecular complexity index is 517. The molecule has 0 unspecified atom stereocenters. The van der Waals surface area contributed by atoms with E-state index in [9.17, 15) is 12.8 Å². The number of benzene rings is 1. The lowest BCUT2D eigenvalue weighted by Crippen LogP contribution is -2.33. The molecule has 2 N–H and O–H groups in total. The van der Waals surface area contributed by atoms with Crippen LogP contribution in [0.5, 0.6) is 0 Å². The lowest BCUT2D eigenvalue weighted by molar-refractivity contribution is 0.358. The summed E-state index contributed by atoms with van der Waals surface area (Å²) in [5.41, 5.74) is 5.64. The van der Waals surface area contributed by atoms with Gasteiger partial charge in [-0.1, -0.05) is 0 Å². The van der Waals surface area contributed by atoms with Crippen molar-refractivity contribution in [2.45, 2.75) is 4.90 Å². The summed E-state index contributed by atoms with van der Waals surface area (Å²) in [6.45, 7) is 0.885. The molecule has 0 bridgehead atoms. The zero-order valence-corrected chi connectivity index (χ0v) is 11.5. The first-order valence-corrected chi connectivity index (χ1v) is 6.85. The number of rotatable bonds is 5. The van der Waals surface area contributed by atoms with Gasteiger partial charge >= 0.3 is 0 Å². The molecule has 0 spiro atoms. The second kappa shape index (κ2) is 5.64. The van der Waals surface area contributed by atoms with Crippen molar-refractivity contribution in [3.05, 3.63) is 24.0 Å². The molecular weight excluding hydrogens is 257 g/mol. The molecule has 1 aromatic carbocycles. The van der Waals surface area contributed by atoms with Crippen LogP contribution >= 0.6 is 0 Å². The summed E-state index contributed by atoms with van der Waals surface area (Å²) in [6, 6.07) is 3.33. The van der Waals surface area contributed by atoms with Crippen molar-refractivity contribution in [3.8, 4) is 0 Å². The largest absolute Gasteiger partial charge is 0.398 e. The molecule has 0 aromatic heterocycles. The van der Waals surface area contributed by atoms with Gasteiger partial charge in [-0.15, -0.1) is 0 Å². The second-order valence-corrected chi connectivity index (χ2v) is 6.33. The molecular formula is C11H18FN3O2S. The summed E-state index contributed by atoms with van der Waals surface area (Å²) >= 11 is 0. The highest BCUT2D eigenvalue weighted by Crippen LogP contribution is 2.22. The van der Waals surface area contributed by atoms with Crippen LogP contribution in [0.25, 0.3) is 0 Å². The Labute approximate surface area is 107 Å². The average molecular weight is 275 g/mol. The van der Waals surface area contributed by atoms with Crippen molar-refractivity contribution in [3.63, 3.8) is 0 Å². The van der Waals surface area contributed by atoms with Crippen molar-refractivity contribution in [1.29, 1.82) is 0 Å². The molecule has 1 rings (SSSR count). The first-order chi connectivity index (χ1) is 8.25. The first kappa shape index (κ1) is 14.9. The molecule has 0 aliphatic heterocycles. The van der Waals surface area contributed by atoms with Gasteiger partial charge in [0.25, 0.3) is 0 Å². The maximum atomic E-state index is 13.1. The highest BCUT2D eigenvalue weighted by molar-refractivity contribution is 7.89. The van der Waals surface area contributed by atoms with Crippen LogP contribution in [0.3, 0.4) is 0 Å². The summed E-state index contributed by atoms with van der Waals surface area (Å²) in [5, 5.41) is 0. The minimum atomic E-state index is -3.75. The van der Waals surface area contributed by atoms with Crippen LogP contribution in [0, 0.1) is 5.82 Å². The maximum absolute atomic E-state index is 13.1. The van der Waals surface area contributed by atoms with Crippen molar-refractivity contribution >= 4 is 15.7 Å². The summed E-state index contributed by atoms with van der Waals surface area (Å²) < 4.78 is 38.6. The SMILES string of the molecule is CN(C)CCN(C)S(=O)(=O)c1cc(F)ccc1N. The Balaban J connectivity index is 3.02. The van der Waals surface area contributed by atoms with E-state index in [0.29, 0.717) is 13.1 Å². The van der Waals surface area contributed by atoms with Crippen molar-refractivity contribution in [2.24, 2.45) is 0 Å². The fraction of sp³-hybridized carbons (Fsp3) is 0.455. The van der Waals surface area contributed by atoms with E-state index in [1.54, 1.807) is 0 Å². The van der Waals surface area contributed by atoms with Gasteiger partial charge in [0.2, 0.25) is 10.0 Å². The van der Waals surface area contributed by atoms with E-state index in [4.69, 9.17) is 5.73 Å². The number of anilines is 1. The predicted octanol–water partition coefficient (Wildman–Crippen LogP) is 0.590. The topological polar surface area (TPSA) is 66.6 Å². The summed E-state index contributed by atoms with van der Waals surface area (Å²) in [4.78, 5) is 1.67. The van der Waals surface area contributed by atoms with Crippen LogP contribution < -0.4 is 5.73 Å². The Morgan fingerprint density at radius 1 is 1.22 bits per heavy atom. The lowest BCUT2D eigenvalue weighted by atomic mass is 10.3. The van der Waals surface area contributed by atoms with Gasteiger partial charge in [-0.05, 0) is 32.3 Å². The Morgan fingerprint density at radius 3 is 2.39 bits per heavy atom. The molecule has 0 radical (unpaired) electrons. The fourth-order valence-electron chi connectivity index (χ4n) is 1.36. The van der Waals surface area contributed by atoms with Gasteiger partial charge in [0.15, 0.2) is 0 Å². The number of halogens is 1. The monoisotopic (exact) mass is 275 g/mol. The molecule has 0 aliphatic rings. The van der Waals surface area contributed by atoms with Crippen LogP contribution in [0.1, 0.15) is 0 Å². The van der Waals surface area contributed by atoms with Crippen LogP contribution in [0.4, 0.5) is 10.1 Å². The predicted molar refractivity (Wildman–Crippen MR) is 69.2 cm³/mol. The zero-order valence-electron chi connectivity index (χ0n) is 10.7. The van der Waals surface area contributed by atoms with Crippen LogP contribution in [-0.2, 0) is 10.0 Å². The smallest absolute Gasteiger partial charge is 0.245 e. The summed E-state index contributed by atoms with van der Waals surface area (Å²) in [7, 11) is 1.39. The molecule has 102 valence electrons. The normalized spacial score (nSPS) is 12.3. The van der Waals surface area contributed by atoms with Gasteiger partial charge in [0.1, 0.15) is 10.7 Å². The van der Waals surface area contributed by atoms with Crippen LogP contribution in [-0.4, -0.2) is 51.9 Å². The Morgan fingerprint density at radius 2 is 1.83 bits per heavy atom. The molecule has 0 fully saturated rings. The van der Waals surface area contributed by atoms with Gasteiger partial charge in [-0.3, -0.25) is 0 Å². The minimum absolute atomic E-state index is 0.0492. The van der Waals surface area contributed by atoms with Gasteiger partial charge < -0.3 is 10.6 Å². The van der Waals surface area contributed by atoms with E-state index >= 15 is 0 Å². The number of nitrogens with two attached hydrogens (primary N) is 1. The summed E-state index contributed by atoms with van der Waals surface area (Å²) in [6.07, 6.45) is 0. The molecule has 0 saturated heterocycles. The van der Waals surface area contributed by atoms with E-state index in [1.165, 1.54) is 13.1 Å².